The van der Waals surface area contributed by atoms with Gasteiger partial charge < -0.3 is 15.9 Å². The van der Waals surface area contributed by atoms with Crippen LogP contribution in [0.1, 0.15) is 24.5 Å². The molecule has 0 aliphatic rings. The van der Waals surface area contributed by atoms with Gasteiger partial charge in [0.15, 0.2) is 0 Å². The van der Waals surface area contributed by atoms with E-state index in [1.165, 1.54) is 6.07 Å². The minimum Gasteiger partial charge on any atom is -0.508 e. The van der Waals surface area contributed by atoms with Crippen LogP contribution < -0.4 is 5.73 Å². The lowest BCUT2D eigenvalue weighted by atomic mass is 10.0. The molecule has 5 N–H and O–H groups in total. The smallest absolute Gasteiger partial charge is 0.116 e. The molecule has 0 aliphatic heterocycles. The molecule has 0 saturated heterocycles. The quantitative estimate of drug-likeness (QED) is 0.386. The topological polar surface area (TPSA) is 90.3 Å². The maximum absolute atomic E-state index is 9.81. The summed E-state index contributed by atoms with van der Waals surface area (Å²) in [6, 6.07) is 4.84. The van der Waals surface area contributed by atoms with Crippen molar-refractivity contribution >= 4 is 28.4 Å². The highest BCUT2D eigenvalue weighted by molar-refractivity contribution is 14.1. The van der Waals surface area contributed by atoms with E-state index in [-0.39, 0.29) is 11.6 Å². The summed E-state index contributed by atoms with van der Waals surface area (Å²) < 4.78 is 0.890. The summed E-state index contributed by atoms with van der Waals surface area (Å²) in [7, 11) is 0. The molecule has 0 spiro atoms. The minimum absolute atomic E-state index is 0.0595. The average Bonchev–Trinajstić information content (AvgIpc) is 2.18. The van der Waals surface area contributed by atoms with Crippen molar-refractivity contribution in [3.63, 3.8) is 0 Å². The number of hydrogen-bond donors (Lipinski definition) is 4. The molecule has 0 aliphatic carbocycles. The average molecular weight is 324 g/mol. The molecular formula is C10H13IN2O2. The molecule has 0 aromatic heterocycles. The second-order valence-corrected chi connectivity index (χ2v) is 4.45. The number of amidine groups is 1. The number of nitrogens with two attached hydrogens (primary N) is 1. The fraction of sp³-hybridized carbons (Fsp3) is 0.300. The van der Waals surface area contributed by atoms with Crippen LogP contribution in [0, 0.1) is 8.98 Å². The Morgan fingerprint density at radius 1 is 1.53 bits per heavy atom. The number of aromatic hydroxyl groups is 1. The van der Waals surface area contributed by atoms with Crippen molar-refractivity contribution in [2.45, 2.75) is 18.9 Å². The molecule has 0 amide bonds. The largest absolute Gasteiger partial charge is 0.508 e. The van der Waals surface area contributed by atoms with Crippen molar-refractivity contribution in [1.82, 2.24) is 0 Å². The number of benzene rings is 1. The van der Waals surface area contributed by atoms with E-state index >= 15 is 0 Å². The van der Waals surface area contributed by atoms with Gasteiger partial charge in [-0.2, -0.15) is 0 Å². The summed E-state index contributed by atoms with van der Waals surface area (Å²) in [6.07, 6.45) is 0.0645. The zero-order valence-corrected chi connectivity index (χ0v) is 10.2. The van der Waals surface area contributed by atoms with Crippen molar-refractivity contribution in [3.8, 4) is 5.75 Å². The molecule has 1 rings (SSSR count). The van der Waals surface area contributed by atoms with Gasteiger partial charge in [0.25, 0.3) is 0 Å². The van der Waals surface area contributed by atoms with Crippen molar-refractivity contribution in [2.75, 3.05) is 0 Å². The number of nitrogens with one attached hydrogen (secondary N) is 1. The molecular weight excluding hydrogens is 311 g/mol. The Bertz CT molecular complexity index is 368. The first-order chi connectivity index (χ1) is 7.00. The Morgan fingerprint density at radius 2 is 2.20 bits per heavy atom. The van der Waals surface area contributed by atoms with Crippen molar-refractivity contribution in [3.05, 3.63) is 27.3 Å². The highest BCUT2D eigenvalue weighted by Crippen LogP contribution is 2.26. The third-order valence-electron chi connectivity index (χ3n) is 2.03. The summed E-state index contributed by atoms with van der Waals surface area (Å²) >= 11 is 2.09. The number of rotatable bonds is 4. The molecule has 0 bridgehead atoms. The van der Waals surface area contributed by atoms with Gasteiger partial charge in [0.05, 0.1) is 11.9 Å². The van der Waals surface area contributed by atoms with Crippen LogP contribution in [-0.4, -0.2) is 16.0 Å². The Morgan fingerprint density at radius 3 is 2.80 bits per heavy atom. The van der Waals surface area contributed by atoms with Gasteiger partial charge >= 0.3 is 0 Å². The molecule has 0 unspecified atom stereocenters. The van der Waals surface area contributed by atoms with Gasteiger partial charge in [0.1, 0.15) is 5.75 Å². The third kappa shape index (κ3) is 3.67. The van der Waals surface area contributed by atoms with Gasteiger partial charge in [-0.3, -0.25) is 5.41 Å². The molecule has 5 heteroatoms. The summed E-state index contributed by atoms with van der Waals surface area (Å²) in [6.45, 7) is 0. The second kappa shape index (κ2) is 5.32. The molecule has 82 valence electrons. The van der Waals surface area contributed by atoms with Gasteiger partial charge in [0.2, 0.25) is 0 Å². The molecule has 0 saturated carbocycles. The first kappa shape index (κ1) is 12.3. The van der Waals surface area contributed by atoms with Crippen LogP contribution in [0.15, 0.2) is 18.2 Å². The highest BCUT2D eigenvalue weighted by Gasteiger charge is 2.12. The monoisotopic (exact) mass is 324 g/mol. The second-order valence-electron chi connectivity index (χ2n) is 3.29. The summed E-state index contributed by atoms with van der Waals surface area (Å²) in [5.41, 5.74) is 5.89. The van der Waals surface area contributed by atoms with E-state index in [0.29, 0.717) is 18.4 Å². The van der Waals surface area contributed by atoms with E-state index in [1.807, 2.05) is 0 Å². The standard InChI is InChI=1S/C10H13IN2O2/c11-8-2-1-6(14)5-7(8)9(15)3-4-10(12)13/h1-2,5,9,14-15H,3-4H2,(H3,12,13)/t9-/m0/s1/i11+4. The molecule has 1 aromatic carbocycles. The minimum atomic E-state index is -0.687. The SMILES string of the molecule is N=C(N)CC[C@H](O)c1cc(O)ccc1[131I]. The van der Waals surface area contributed by atoms with Gasteiger partial charge in [-0.25, -0.2) is 0 Å². The summed E-state index contributed by atoms with van der Waals surface area (Å²) in [5.74, 6) is 0.191. The molecule has 1 atom stereocenters. The van der Waals surface area contributed by atoms with E-state index in [9.17, 15) is 10.2 Å². The van der Waals surface area contributed by atoms with Crippen LogP contribution in [0.4, 0.5) is 0 Å². The van der Waals surface area contributed by atoms with Crippen molar-refractivity contribution < 1.29 is 10.2 Å². The molecule has 1 aromatic rings. The maximum Gasteiger partial charge on any atom is 0.116 e. The predicted molar refractivity (Wildman–Crippen MR) is 66.9 cm³/mol. The van der Waals surface area contributed by atoms with Crippen molar-refractivity contribution in [1.29, 1.82) is 5.41 Å². The van der Waals surface area contributed by atoms with Gasteiger partial charge in [-0.05, 0) is 52.8 Å². The highest BCUT2D eigenvalue weighted by atomic mass is 131. The lowest BCUT2D eigenvalue weighted by molar-refractivity contribution is 0.168. The summed E-state index contributed by atoms with van der Waals surface area (Å²) in [5, 5.41) is 26.2. The normalized spacial score (nSPS) is 12.4. The van der Waals surface area contributed by atoms with E-state index in [1.54, 1.807) is 12.1 Å². The summed E-state index contributed by atoms with van der Waals surface area (Å²) in [4.78, 5) is 0. The van der Waals surface area contributed by atoms with Crippen LogP contribution in [0.3, 0.4) is 0 Å². The van der Waals surface area contributed by atoms with Crippen LogP contribution in [0.25, 0.3) is 0 Å². The predicted octanol–water partition coefficient (Wildman–Crippen LogP) is 1.75. The lowest BCUT2D eigenvalue weighted by Gasteiger charge is -2.12. The maximum atomic E-state index is 9.81. The number of hydrogen-bond acceptors (Lipinski definition) is 3. The molecule has 0 heterocycles. The van der Waals surface area contributed by atoms with Crippen LogP contribution >= 0.6 is 22.6 Å². The van der Waals surface area contributed by atoms with E-state index < -0.39 is 6.10 Å². The van der Waals surface area contributed by atoms with E-state index in [0.717, 1.165) is 3.57 Å². The van der Waals surface area contributed by atoms with E-state index in [4.69, 9.17) is 11.1 Å². The van der Waals surface area contributed by atoms with Crippen LogP contribution in [0.2, 0.25) is 0 Å². The number of halogens is 1. The number of aliphatic hydroxyl groups excluding tert-OH is 1. The Hall–Kier alpha value is -0.820. The van der Waals surface area contributed by atoms with Gasteiger partial charge in [0, 0.05) is 9.99 Å². The first-order valence-electron chi connectivity index (χ1n) is 4.50. The lowest BCUT2D eigenvalue weighted by Crippen LogP contribution is -2.11. The number of aliphatic hydroxyl groups is 1. The van der Waals surface area contributed by atoms with Crippen LogP contribution in [0.5, 0.6) is 5.75 Å². The zero-order valence-electron chi connectivity index (χ0n) is 8.07. The molecule has 0 fully saturated rings. The molecule has 0 radical (unpaired) electrons. The van der Waals surface area contributed by atoms with Crippen LogP contribution in [-0.2, 0) is 0 Å². The third-order valence-corrected chi connectivity index (χ3v) is 3.01. The fourth-order valence-electron chi connectivity index (χ4n) is 1.23. The van der Waals surface area contributed by atoms with E-state index in [2.05, 4.69) is 22.6 Å². The van der Waals surface area contributed by atoms with Gasteiger partial charge in [-0.15, -0.1) is 0 Å². The zero-order chi connectivity index (χ0) is 11.4. The number of phenols is 1. The molecule has 4 nitrogen and oxygen atoms in total. The first-order valence-corrected chi connectivity index (χ1v) is 5.58. The Labute approximate surface area is 102 Å². The van der Waals surface area contributed by atoms with Crippen molar-refractivity contribution in [2.24, 2.45) is 5.73 Å². The Kier molecular flexibility index (Phi) is 4.34. The van der Waals surface area contributed by atoms with Gasteiger partial charge in [-0.1, -0.05) is 0 Å². The fourth-order valence-corrected chi connectivity index (χ4v) is 1.93. The Balaban J connectivity index is 2.76. The number of phenolic OH excluding ortho intramolecular Hbond substituents is 1. The molecule has 15 heavy (non-hydrogen) atoms.